The molecular formula is C9H10BrFN2O. The van der Waals surface area contributed by atoms with Gasteiger partial charge in [-0.25, -0.2) is 4.39 Å². The molecule has 0 aliphatic rings. The van der Waals surface area contributed by atoms with E-state index >= 15 is 0 Å². The quantitative estimate of drug-likeness (QED) is 0.872. The van der Waals surface area contributed by atoms with Gasteiger partial charge in [-0.3, -0.25) is 4.79 Å². The molecule has 1 amide bonds. The third-order valence-corrected chi connectivity index (χ3v) is 2.22. The van der Waals surface area contributed by atoms with Gasteiger partial charge in [-0.1, -0.05) is 15.9 Å². The highest BCUT2D eigenvalue weighted by Crippen LogP contribution is 2.20. The minimum atomic E-state index is -0.598. The molecule has 0 aromatic heterocycles. The zero-order valence-corrected chi connectivity index (χ0v) is 9.14. The summed E-state index contributed by atoms with van der Waals surface area (Å²) >= 11 is 3.20. The number of primary amides is 1. The molecule has 5 heteroatoms. The third-order valence-electron chi connectivity index (χ3n) is 1.73. The lowest BCUT2D eigenvalue weighted by atomic mass is 10.2. The number of nitrogens with one attached hydrogen (secondary N) is 1. The standard InChI is InChI=1S/C9H10BrFN2O/c1-5(9(12)14)13-8-4-6(10)2-3-7(8)11/h2-5,13H,1H3,(H2,12,14). The Balaban J connectivity index is 2.85. The molecule has 14 heavy (non-hydrogen) atoms. The van der Waals surface area contributed by atoms with Crippen molar-refractivity contribution in [2.45, 2.75) is 13.0 Å². The fourth-order valence-electron chi connectivity index (χ4n) is 0.912. The van der Waals surface area contributed by atoms with Crippen molar-refractivity contribution in [2.24, 2.45) is 5.73 Å². The number of halogens is 2. The van der Waals surface area contributed by atoms with Gasteiger partial charge in [0.1, 0.15) is 11.9 Å². The monoisotopic (exact) mass is 260 g/mol. The highest BCUT2D eigenvalue weighted by atomic mass is 79.9. The van der Waals surface area contributed by atoms with Crippen molar-refractivity contribution >= 4 is 27.5 Å². The number of hydrogen-bond donors (Lipinski definition) is 2. The number of amides is 1. The molecule has 3 N–H and O–H groups in total. The molecule has 0 spiro atoms. The second kappa shape index (κ2) is 4.41. The van der Waals surface area contributed by atoms with Crippen molar-refractivity contribution in [3.63, 3.8) is 0 Å². The summed E-state index contributed by atoms with van der Waals surface area (Å²) in [4.78, 5) is 10.7. The highest BCUT2D eigenvalue weighted by molar-refractivity contribution is 9.10. The van der Waals surface area contributed by atoms with Crippen LogP contribution in [0.25, 0.3) is 0 Å². The first-order chi connectivity index (χ1) is 6.50. The van der Waals surface area contributed by atoms with Gasteiger partial charge in [-0.05, 0) is 25.1 Å². The predicted molar refractivity (Wildman–Crippen MR) is 56.4 cm³/mol. The number of hydrogen-bond acceptors (Lipinski definition) is 2. The van der Waals surface area contributed by atoms with E-state index in [0.29, 0.717) is 0 Å². The zero-order valence-electron chi connectivity index (χ0n) is 7.55. The highest BCUT2D eigenvalue weighted by Gasteiger charge is 2.10. The Bertz CT molecular complexity index is 357. The molecule has 0 saturated carbocycles. The van der Waals surface area contributed by atoms with Gasteiger partial charge >= 0.3 is 0 Å². The maximum atomic E-state index is 13.2. The van der Waals surface area contributed by atoms with Gasteiger partial charge in [-0.15, -0.1) is 0 Å². The third kappa shape index (κ3) is 2.70. The molecule has 0 radical (unpaired) electrons. The van der Waals surface area contributed by atoms with Crippen molar-refractivity contribution in [3.05, 3.63) is 28.5 Å². The average Bonchev–Trinajstić information content (AvgIpc) is 2.11. The van der Waals surface area contributed by atoms with E-state index in [4.69, 9.17) is 5.73 Å². The van der Waals surface area contributed by atoms with Crippen molar-refractivity contribution in [1.82, 2.24) is 0 Å². The fourth-order valence-corrected chi connectivity index (χ4v) is 1.27. The lowest BCUT2D eigenvalue weighted by molar-refractivity contribution is -0.118. The van der Waals surface area contributed by atoms with Crippen molar-refractivity contribution < 1.29 is 9.18 Å². The van der Waals surface area contributed by atoms with E-state index in [-0.39, 0.29) is 5.69 Å². The Kier molecular flexibility index (Phi) is 3.46. The maximum absolute atomic E-state index is 13.2. The van der Waals surface area contributed by atoms with Crippen LogP contribution in [0.2, 0.25) is 0 Å². The SMILES string of the molecule is CC(Nc1cc(Br)ccc1F)C(N)=O. The lowest BCUT2D eigenvalue weighted by Crippen LogP contribution is -2.32. The first-order valence-corrected chi connectivity index (χ1v) is 4.81. The molecular weight excluding hydrogens is 251 g/mol. The number of nitrogens with two attached hydrogens (primary N) is 1. The Morgan fingerprint density at radius 1 is 1.64 bits per heavy atom. The molecule has 3 nitrogen and oxygen atoms in total. The van der Waals surface area contributed by atoms with E-state index in [9.17, 15) is 9.18 Å². The molecule has 1 rings (SSSR count). The number of carbonyl (C=O) groups excluding carboxylic acids is 1. The smallest absolute Gasteiger partial charge is 0.239 e. The molecule has 1 aromatic carbocycles. The van der Waals surface area contributed by atoms with Crippen LogP contribution < -0.4 is 11.1 Å². The Morgan fingerprint density at radius 2 is 2.29 bits per heavy atom. The molecule has 0 heterocycles. The summed E-state index contributed by atoms with van der Waals surface area (Å²) in [6.07, 6.45) is 0. The molecule has 76 valence electrons. The van der Waals surface area contributed by atoms with Crippen molar-refractivity contribution in [3.8, 4) is 0 Å². The van der Waals surface area contributed by atoms with Gasteiger partial charge in [0.15, 0.2) is 0 Å². The molecule has 0 fully saturated rings. The average molecular weight is 261 g/mol. The predicted octanol–water partition coefficient (Wildman–Crippen LogP) is 1.87. The van der Waals surface area contributed by atoms with Crippen LogP contribution in [0.5, 0.6) is 0 Å². The fraction of sp³-hybridized carbons (Fsp3) is 0.222. The van der Waals surface area contributed by atoms with Gasteiger partial charge in [-0.2, -0.15) is 0 Å². The van der Waals surface area contributed by atoms with Crippen LogP contribution in [-0.2, 0) is 4.79 Å². The summed E-state index contributed by atoms with van der Waals surface area (Å²) in [6.45, 7) is 1.57. The van der Waals surface area contributed by atoms with Crippen LogP contribution in [0, 0.1) is 5.82 Å². The summed E-state index contributed by atoms with van der Waals surface area (Å²) in [6, 6.07) is 3.84. The van der Waals surface area contributed by atoms with Gasteiger partial charge < -0.3 is 11.1 Å². The van der Waals surface area contributed by atoms with E-state index in [0.717, 1.165) is 4.47 Å². The summed E-state index contributed by atoms with van der Waals surface area (Å²) in [7, 11) is 0. The molecule has 0 aliphatic heterocycles. The van der Waals surface area contributed by atoms with Crippen molar-refractivity contribution in [2.75, 3.05) is 5.32 Å². The molecule has 0 saturated heterocycles. The Labute approximate surface area is 89.6 Å². The second-order valence-electron chi connectivity index (χ2n) is 2.89. The van der Waals surface area contributed by atoms with Crippen LogP contribution in [-0.4, -0.2) is 11.9 Å². The normalized spacial score (nSPS) is 12.2. The Hall–Kier alpha value is -1.10. The number of rotatable bonds is 3. The minimum absolute atomic E-state index is 0.255. The number of anilines is 1. The van der Waals surface area contributed by atoms with Crippen LogP contribution in [0.3, 0.4) is 0 Å². The van der Waals surface area contributed by atoms with E-state index in [2.05, 4.69) is 21.2 Å². The summed E-state index contributed by atoms with van der Waals surface area (Å²) in [5.74, 6) is -0.939. The first-order valence-electron chi connectivity index (χ1n) is 4.01. The van der Waals surface area contributed by atoms with Crippen LogP contribution >= 0.6 is 15.9 Å². The van der Waals surface area contributed by atoms with Crippen LogP contribution in [0.1, 0.15) is 6.92 Å². The van der Waals surface area contributed by atoms with Gasteiger partial charge in [0.05, 0.1) is 5.69 Å². The van der Waals surface area contributed by atoms with Crippen LogP contribution in [0.15, 0.2) is 22.7 Å². The molecule has 0 bridgehead atoms. The molecule has 0 aliphatic carbocycles. The summed E-state index contributed by atoms with van der Waals surface area (Å²) < 4.78 is 13.9. The number of benzene rings is 1. The van der Waals surface area contributed by atoms with E-state index in [1.165, 1.54) is 6.07 Å². The van der Waals surface area contributed by atoms with Gasteiger partial charge in [0.25, 0.3) is 0 Å². The maximum Gasteiger partial charge on any atom is 0.239 e. The Morgan fingerprint density at radius 3 is 2.86 bits per heavy atom. The summed E-state index contributed by atoms with van der Waals surface area (Å²) in [5.41, 5.74) is 5.29. The molecule has 1 aromatic rings. The van der Waals surface area contributed by atoms with Gasteiger partial charge in [0, 0.05) is 4.47 Å². The second-order valence-corrected chi connectivity index (χ2v) is 3.81. The van der Waals surface area contributed by atoms with Crippen molar-refractivity contribution in [1.29, 1.82) is 0 Å². The van der Waals surface area contributed by atoms with E-state index in [1.807, 2.05) is 0 Å². The molecule has 1 unspecified atom stereocenters. The molecule has 1 atom stereocenters. The van der Waals surface area contributed by atoms with E-state index in [1.54, 1.807) is 19.1 Å². The zero-order chi connectivity index (χ0) is 10.7. The number of carbonyl (C=O) groups is 1. The minimum Gasteiger partial charge on any atom is -0.371 e. The topological polar surface area (TPSA) is 55.1 Å². The van der Waals surface area contributed by atoms with Gasteiger partial charge in [0.2, 0.25) is 5.91 Å². The van der Waals surface area contributed by atoms with Crippen LogP contribution in [0.4, 0.5) is 10.1 Å². The lowest BCUT2D eigenvalue weighted by Gasteiger charge is -2.12. The largest absolute Gasteiger partial charge is 0.371 e. The summed E-state index contributed by atoms with van der Waals surface area (Å²) in [5, 5.41) is 2.67. The first kappa shape index (κ1) is 11.0. The van der Waals surface area contributed by atoms with E-state index < -0.39 is 17.8 Å².